The van der Waals surface area contributed by atoms with Crippen LogP contribution in [0.2, 0.25) is 0 Å². The van der Waals surface area contributed by atoms with Crippen LogP contribution >= 0.6 is 0 Å². The van der Waals surface area contributed by atoms with Crippen LogP contribution in [0.25, 0.3) is 0 Å². The Kier molecular flexibility index (Phi) is 7.41. The van der Waals surface area contributed by atoms with Gasteiger partial charge in [0.2, 0.25) is 0 Å². The van der Waals surface area contributed by atoms with Crippen molar-refractivity contribution in [2.24, 2.45) is 11.8 Å². The molecule has 5 unspecified atom stereocenters. The molecule has 0 spiro atoms. The number of benzene rings is 2. The van der Waals surface area contributed by atoms with Crippen LogP contribution in [0, 0.1) is 11.8 Å². The molecule has 0 saturated carbocycles. The molecule has 0 amide bonds. The summed E-state index contributed by atoms with van der Waals surface area (Å²) in [6.07, 6.45) is -0.494. The molecule has 27 heavy (non-hydrogen) atoms. The summed E-state index contributed by atoms with van der Waals surface area (Å²) in [6, 6.07) is 20.4. The summed E-state index contributed by atoms with van der Waals surface area (Å²) in [6.45, 7) is 6.10. The number of ether oxygens (including phenoxy) is 4. The van der Waals surface area contributed by atoms with E-state index in [1.165, 1.54) is 5.56 Å². The van der Waals surface area contributed by atoms with E-state index in [0.29, 0.717) is 31.7 Å². The molecular weight excluding hydrogens is 340 g/mol. The largest absolute Gasteiger partial charge is 0.374 e. The minimum Gasteiger partial charge on any atom is -0.374 e. The third-order valence-corrected chi connectivity index (χ3v) is 5.42. The first kappa shape index (κ1) is 20.0. The summed E-state index contributed by atoms with van der Waals surface area (Å²) in [5.41, 5.74) is 2.32. The lowest BCUT2D eigenvalue weighted by molar-refractivity contribution is -0.281. The Morgan fingerprint density at radius 2 is 1.41 bits per heavy atom. The second kappa shape index (κ2) is 10.00. The molecule has 2 aromatic rings. The summed E-state index contributed by atoms with van der Waals surface area (Å²) in [5, 5.41) is 0. The highest BCUT2D eigenvalue weighted by Gasteiger charge is 2.42. The molecule has 1 heterocycles. The molecule has 0 N–H and O–H groups in total. The van der Waals surface area contributed by atoms with Gasteiger partial charge in [-0.15, -0.1) is 0 Å². The van der Waals surface area contributed by atoms with Crippen molar-refractivity contribution in [2.45, 2.75) is 45.6 Å². The minimum atomic E-state index is -0.384. The van der Waals surface area contributed by atoms with Crippen molar-refractivity contribution >= 4 is 0 Å². The van der Waals surface area contributed by atoms with Gasteiger partial charge in [-0.3, -0.25) is 0 Å². The first-order valence-electron chi connectivity index (χ1n) is 9.64. The van der Waals surface area contributed by atoms with Crippen LogP contribution in [0.15, 0.2) is 60.7 Å². The Morgan fingerprint density at radius 3 is 2.00 bits per heavy atom. The summed E-state index contributed by atoms with van der Waals surface area (Å²) in [7, 11) is 1.67. The van der Waals surface area contributed by atoms with Crippen LogP contribution in [0.5, 0.6) is 0 Å². The van der Waals surface area contributed by atoms with E-state index in [1.54, 1.807) is 7.11 Å². The van der Waals surface area contributed by atoms with E-state index in [0.717, 1.165) is 5.56 Å². The molecule has 0 bridgehead atoms. The van der Waals surface area contributed by atoms with E-state index in [-0.39, 0.29) is 18.5 Å². The Hall–Kier alpha value is -1.72. The fourth-order valence-corrected chi connectivity index (χ4v) is 3.50. The first-order valence-corrected chi connectivity index (χ1v) is 9.64. The highest BCUT2D eigenvalue weighted by Crippen LogP contribution is 2.33. The molecule has 5 atom stereocenters. The lowest BCUT2D eigenvalue weighted by atomic mass is 9.83. The van der Waals surface area contributed by atoms with Crippen molar-refractivity contribution in [3.63, 3.8) is 0 Å². The zero-order valence-corrected chi connectivity index (χ0v) is 16.4. The van der Waals surface area contributed by atoms with Gasteiger partial charge in [-0.2, -0.15) is 0 Å². The summed E-state index contributed by atoms with van der Waals surface area (Å²) < 4.78 is 23.9. The summed E-state index contributed by atoms with van der Waals surface area (Å²) >= 11 is 0. The maximum Gasteiger partial charge on any atom is 0.184 e. The number of hydrogen-bond donors (Lipinski definition) is 0. The van der Waals surface area contributed by atoms with Gasteiger partial charge in [-0.05, 0) is 23.0 Å². The zero-order chi connectivity index (χ0) is 19.1. The smallest absolute Gasteiger partial charge is 0.184 e. The Morgan fingerprint density at radius 1 is 0.815 bits per heavy atom. The molecule has 0 radical (unpaired) electrons. The average Bonchev–Trinajstić information content (AvgIpc) is 2.72. The third kappa shape index (κ3) is 5.39. The van der Waals surface area contributed by atoms with E-state index < -0.39 is 0 Å². The van der Waals surface area contributed by atoms with Gasteiger partial charge in [-0.25, -0.2) is 0 Å². The predicted octanol–water partition coefficient (Wildman–Crippen LogP) is 4.43. The van der Waals surface area contributed by atoms with Crippen molar-refractivity contribution in [1.29, 1.82) is 0 Å². The Balaban J connectivity index is 1.54. The van der Waals surface area contributed by atoms with E-state index in [2.05, 4.69) is 38.1 Å². The summed E-state index contributed by atoms with van der Waals surface area (Å²) in [5.74, 6) is 0.616. The van der Waals surface area contributed by atoms with Crippen molar-refractivity contribution in [1.82, 2.24) is 0 Å². The van der Waals surface area contributed by atoms with Gasteiger partial charge in [0.15, 0.2) is 6.29 Å². The molecule has 4 heteroatoms. The fourth-order valence-electron chi connectivity index (χ4n) is 3.50. The molecular formula is C23H30O4. The fraction of sp³-hybridized carbons (Fsp3) is 0.478. The van der Waals surface area contributed by atoms with Gasteiger partial charge in [-0.1, -0.05) is 74.5 Å². The van der Waals surface area contributed by atoms with E-state index >= 15 is 0 Å². The first-order chi connectivity index (χ1) is 13.2. The average molecular weight is 370 g/mol. The predicted molar refractivity (Wildman–Crippen MR) is 105 cm³/mol. The number of methoxy groups -OCH3 is 1. The maximum atomic E-state index is 6.19. The number of rotatable bonds is 8. The van der Waals surface area contributed by atoms with Crippen LogP contribution < -0.4 is 0 Å². The highest BCUT2D eigenvalue weighted by molar-refractivity contribution is 5.14. The molecule has 1 fully saturated rings. The van der Waals surface area contributed by atoms with Gasteiger partial charge in [0.05, 0.1) is 25.9 Å². The molecule has 146 valence electrons. The standard InChI is InChI=1S/C23H30O4/c1-17-18(2)22(26-15-20-12-8-5-9-13-20)23(24-3)27-21(17)16-25-14-19-10-6-4-7-11-19/h4-13,17-18,21-23H,14-16H2,1-3H3. The maximum absolute atomic E-state index is 6.19. The Labute approximate surface area is 162 Å². The quantitative estimate of drug-likeness (QED) is 0.689. The van der Waals surface area contributed by atoms with Gasteiger partial charge in [0, 0.05) is 7.11 Å². The Bertz CT molecular complexity index is 657. The minimum absolute atomic E-state index is 0.00904. The monoisotopic (exact) mass is 370 g/mol. The molecule has 0 aliphatic carbocycles. The van der Waals surface area contributed by atoms with Crippen LogP contribution in [-0.4, -0.2) is 32.2 Å². The van der Waals surface area contributed by atoms with Crippen LogP contribution in [-0.2, 0) is 32.2 Å². The van der Waals surface area contributed by atoms with Gasteiger partial charge < -0.3 is 18.9 Å². The lowest BCUT2D eigenvalue weighted by Gasteiger charge is -2.43. The highest BCUT2D eigenvalue weighted by atomic mass is 16.7. The van der Waals surface area contributed by atoms with Crippen LogP contribution in [0.3, 0.4) is 0 Å². The van der Waals surface area contributed by atoms with Gasteiger partial charge >= 0.3 is 0 Å². The van der Waals surface area contributed by atoms with Gasteiger partial charge in [0.25, 0.3) is 0 Å². The van der Waals surface area contributed by atoms with Crippen LogP contribution in [0.4, 0.5) is 0 Å². The molecule has 4 nitrogen and oxygen atoms in total. The molecule has 1 aliphatic rings. The number of hydrogen-bond acceptors (Lipinski definition) is 4. The van der Waals surface area contributed by atoms with Gasteiger partial charge in [0.1, 0.15) is 6.10 Å². The van der Waals surface area contributed by atoms with Crippen molar-refractivity contribution < 1.29 is 18.9 Å². The van der Waals surface area contributed by atoms with E-state index in [9.17, 15) is 0 Å². The second-order valence-corrected chi connectivity index (χ2v) is 7.26. The molecule has 2 aromatic carbocycles. The molecule has 0 aromatic heterocycles. The van der Waals surface area contributed by atoms with Crippen molar-refractivity contribution in [3.05, 3.63) is 71.8 Å². The lowest BCUT2D eigenvalue weighted by Crippen LogP contribution is -2.52. The zero-order valence-electron chi connectivity index (χ0n) is 16.4. The van der Waals surface area contributed by atoms with E-state index in [4.69, 9.17) is 18.9 Å². The van der Waals surface area contributed by atoms with E-state index in [1.807, 2.05) is 36.4 Å². The molecule has 1 aliphatic heterocycles. The molecule has 3 rings (SSSR count). The van der Waals surface area contributed by atoms with Crippen molar-refractivity contribution in [2.75, 3.05) is 13.7 Å². The topological polar surface area (TPSA) is 36.9 Å². The van der Waals surface area contributed by atoms with Crippen LogP contribution in [0.1, 0.15) is 25.0 Å². The van der Waals surface area contributed by atoms with Crippen molar-refractivity contribution in [3.8, 4) is 0 Å². The normalized spacial score (nSPS) is 28.2. The summed E-state index contributed by atoms with van der Waals surface area (Å²) in [4.78, 5) is 0. The molecule has 1 saturated heterocycles. The second-order valence-electron chi connectivity index (χ2n) is 7.26. The third-order valence-electron chi connectivity index (χ3n) is 5.42. The SMILES string of the molecule is COC1OC(COCc2ccccc2)C(C)C(C)C1OCc1ccccc1.